The highest BCUT2D eigenvalue weighted by Crippen LogP contribution is 2.31. The lowest BCUT2D eigenvalue weighted by Crippen LogP contribution is -2.50. The van der Waals surface area contributed by atoms with Gasteiger partial charge in [0.15, 0.2) is 0 Å². The molecule has 0 bridgehead atoms. The highest BCUT2D eigenvalue weighted by atomic mass is 16.5. The molecule has 2 aliphatic rings. The van der Waals surface area contributed by atoms with Gasteiger partial charge in [-0.25, -0.2) is 0 Å². The molecule has 0 spiro atoms. The molecular formula is C18H27N3O2. The first-order valence-corrected chi connectivity index (χ1v) is 8.52. The summed E-state index contributed by atoms with van der Waals surface area (Å²) in [5.74, 6) is 1.21. The lowest BCUT2D eigenvalue weighted by atomic mass is 10.0. The van der Waals surface area contributed by atoms with Crippen LogP contribution in [0.1, 0.15) is 24.4 Å². The molecule has 0 aromatic heterocycles. The van der Waals surface area contributed by atoms with E-state index in [1.165, 1.54) is 5.56 Å². The van der Waals surface area contributed by atoms with Gasteiger partial charge in [-0.3, -0.25) is 14.6 Å². The van der Waals surface area contributed by atoms with E-state index < -0.39 is 0 Å². The minimum atomic E-state index is 0.270. The van der Waals surface area contributed by atoms with Crippen LogP contribution in [0.25, 0.3) is 0 Å². The molecule has 0 unspecified atom stereocenters. The second kappa shape index (κ2) is 7.32. The predicted octanol–water partition coefficient (Wildman–Crippen LogP) is 1.61. The third kappa shape index (κ3) is 3.67. The second-order valence-electron chi connectivity index (χ2n) is 6.56. The number of amides is 1. The molecule has 1 aromatic carbocycles. The van der Waals surface area contributed by atoms with Gasteiger partial charge in [-0.05, 0) is 26.0 Å². The van der Waals surface area contributed by atoms with Crippen molar-refractivity contribution < 1.29 is 9.53 Å². The van der Waals surface area contributed by atoms with Crippen LogP contribution in [0.3, 0.4) is 0 Å². The molecule has 126 valence electrons. The Bertz CT molecular complexity index is 543. The average molecular weight is 317 g/mol. The fourth-order valence-electron chi connectivity index (χ4n) is 3.61. The lowest BCUT2D eigenvalue weighted by molar-refractivity contribution is -0.132. The van der Waals surface area contributed by atoms with Crippen molar-refractivity contribution in [1.82, 2.24) is 14.7 Å². The summed E-state index contributed by atoms with van der Waals surface area (Å²) in [7, 11) is 3.87. The molecule has 3 rings (SSSR count). The maximum atomic E-state index is 12.4. The Hall–Kier alpha value is -1.59. The van der Waals surface area contributed by atoms with Crippen LogP contribution in [0.2, 0.25) is 0 Å². The summed E-state index contributed by atoms with van der Waals surface area (Å²) >= 11 is 0. The number of likely N-dealkylation sites (N-methyl/N-ethyl adjacent to an activating group) is 1. The van der Waals surface area contributed by atoms with Crippen molar-refractivity contribution >= 4 is 5.91 Å². The van der Waals surface area contributed by atoms with Gasteiger partial charge in [-0.2, -0.15) is 0 Å². The summed E-state index contributed by atoms with van der Waals surface area (Å²) in [6.07, 6.45) is 2.30. The second-order valence-corrected chi connectivity index (χ2v) is 6.56. The van der Waals surface area contributed by atoms with E-state index in [1.807, 2.05) is 17.0 Å². The molecular weight excluding hydrogens is 290 g/mol. The summed E-state index contributed by atoms with van der Waals surface area (Å²) in [5, 5.41) is 0. The number of hydrogen-bond donors (Lipinski definition) is 0. The molecule has 0 saturated carbocycles. The Balaban J connectivity index is 1.68. The van der Waals surface area contributed by atoms with Crippen molar-refractivity contribution in [2.45, 2.75) is 18.9 Å². The highest BCUT2D eigenvalue weighted by molar-refractivity contribution is 5.78. The first-order chi connectivity index (χ1) is 11.2. The zero-order valence-electron chi connectivity index (χ0n) is 14.2. The zero-order valence-corrected chi connectivity index (χ0v) is 14.2. The third-order valence-electron chi connectivity index (χ3n) is 5.05. The number of carbonyl (C=O) groups excluding carboxylic acids is 1. The summed E-state index contributed by atoms with van der Waals surface area (Å²) in [6.45, 7) is 5.19. The molecule has 2 heterocycles. The molecule has 23 heavy (non-hydrogen) atoms. The average Bonchev–Trinajstić information content (AvgIpc) is 3.11. The maximum Gasteiger partial charge on any atom is 0.236 e. The van der Waals surface area contributed by atoms with E-state index in [4.69, 9.17) is 4.74 Å². The molecule has 1 atom stereocenters. The van der Waals surface area contributed by atoms with Gasteiger partial charge in [0, 0.05) is 38.3 Å². The summed E-state index contributed by atoms with van der Waals surface area (Å²) in [4.78, 5) is 19.1. The number of likely N-dealkylation sites (tertiary alicyclic amines) is 1. The predicted molar refractivity (Wildman–Crippen MR) is 90.6 cm³/mol. The highest BCUT2D eigenvalue weighted by Gasteiger charge is 2.29. The zero-order chi connectivity index (χ0) is 16.2. The number of carbonyl (C=O) groups is 1. The van der Waals surface area contributed by atoms with Crippen molar-refractivity contribution in [2.75, 3.05) is 53.4 Å². The van der Waals surface area contributed by atoms with Crippen LogP contribution in [0.15, 0.2) is 24.3 Å². The largest absolute Gasteiger partial charge is 0.496 e. The van der Waals surface area contributed by atoms with Gasteiger partial charge in [0.05, 0.1) is 19.7 Å². The molecule has 0 N–H and O–H groups in total. The van der Waals surface area contributed by atoms with Crippen molar-refractivity contribution in [3.63, 3.8) is 0 Å². The fourth-order valence-corrected chi connectivity index (χ4v) is 3.61. The van der Waals surface area contributed by atoms with E-state index in [9.17, 15) is 4.79 Å². The number of ether oxygens (including phenoxy) is 1. The van der Waals surface area contributed by atoms with Crippen molar-refractivity contribution in [1.29, 1.82) is 0 Å². The number of piperazine rings is 1. The molecule has 2 fully saturated rings. The number of para-hydroxylation sites is 1. The minimum absolute atomic E-state index is 0.270. The normalized spacial score (nSPS) is 23.2. The van der Waals surface area contributed by atoms with Gasteiger partial charge >= 0.3 is 0 Å². The van der Waals surface area contributed by atoms with E-state index in [0.29, 0.717) is 6.54 Å². The Morgan fingerprint density at radius 1 is 1.17 bits per heavy atom. The Morgan fingerprint density at radius 3 is 2.65 bits per heavy atom. The first kappa shape index (κ1) is 16.3. The van der Waals surface area contributed by atoms with Gasteiger partial charge in [0.25, 0.3) is 0 Å². The monoisotopic (exact) mass is 317 g/mol. The van der Waals surface area contributed by atoms with Crippen molar-refractivity contribution in [2.24, 2.45) is 0 Å². The van der Waals surface area contributed by atoms with Crippen molar-refractivity contribution in [3.05, 3.63) is 29.8 Å². The van der Waals surface area contributed by atoms with Gasteiger partial charge < -0.3 is 9.64 Å². The van der Waals surface area contributed by atoms with Crippen molar-refractivity contribution in [3.8, 4) is 5.75 Å². The molecule has 1 amide bonds. The SMILES string of the molecule is COc1ccccc1[C@@H]1CN(CC(=O)N2CCCC2)CCN1C. The maximum absolute atomic E-state index is 12.4. The van der Waals surface area contributed by atoms with Crippen LogP contribution in [-0.2, 0) is 4.79 Å². The standard InChI is InChI=1S/C18H27N3O2/c1-19-11-12-20(14-18(22)21-9-5-6-10-21)13-16(19)15-7-3-4-8-17(15)23-2/h3-4,7-8,16H,5-6,9-14H2,1-2H3/t16-/m0/s1. The fraction of sp³-hybridized carbons (Fsp3) is 0.611. The van der Waals surface area contributed by atoms with Crippen LogP contribution >= 0.6 is 0 Å². The number of rotatable bonds is 4. The summed E-state index contributed by atoms with van der Waals surface area (Å²) in [6, 6.07) is 8.47. The molecule has 5 heteroatoms. The van der Waals surface area contributed by atoms with E-state index in [2.05, 4.69) is 29.0 Å². The number of benzene rings is 1. The van der Waals surface area contributed by atoms with Crippen LogP contribution < -0.4 is 4.74 Å². The number of nitrogens with zero attached hydrogens (tertiary/aromatic N) is 3. The molecule has 5 nitrogen and oxygen atoms in total. The Morgan fingerprint density at radius 2 is 1.91 bits per heavy atom. The van der Waals surface area contributed by atoms with Gasteiger partial charge in [0.2, 0.25) is 5.91 Å². The van der Waals surface area contributed by atoms with Gasteiger partial charge in [-0.15, -0.1) is 0 Å². The molecule has 2 aliphatic heterocycles. The Kier molecular flexibility index (Phi) is 5.18. The van der Waals surface area contributed by atoms with E-state index in [1.54, 1.807) is 7.11 Å². The van der Waals surface area contributed by atoms with Gasteiger partial charge in [-0.1, -0.05) is 18.2 Å². The van der Waals surface area contributed by atoms with E-state index >= 15 is 0 Å². The lowest BCUT2D eigenvalue weighted by Gasteiger charge is -2.40. The topological polar surface area (TPSA) is 36.0 Å². The molecule has 1 aromatic rings. The van der Waals surface area contributed by atoms with Crippen LogP contribution in [0, 0.1) is 0 Å². The Labute approximate surface area is 138 Å². The quantitative estimate of drug-likeness (QED) is 0.845. The van der Waals surface area contributed by atoms with Crippen LogP contribution in [0.4, 0.5) is 0 Å². The number of methoxy groups -OCH3 is 1. The minimum Gasteiger partial charge on any atom is -0.496 e. The van der Waals surface area contributed by atoms with Gasteiger partial charge in [0.1, 0.15) is 5.75 Å². The summed E-state index contributed by atoms with van der Waals surface area (Å²) in [5.41, 5.74) is 1.20. The number of hydrogen-bond acceptors (Lipinski definition) is 4. The molecule has 0 aliphatic carbocycles. The summed E-state index contributed by atoms with van der Waals surface area (Å²) < 4.78 is 5.52. The third-order valence-corrected chi connectivity index (χ3v) is 5.05. The van der Waals surface area contributed by atoms with Crippen LogP contribution in [0.5, 0.6) is 5.75 Å². The molecule has 2 saturated heterocycles. The van der Waals surface area contributed by atoms with E-state index in [0.717, 1.165) is 51.3 Å². The molecule has 0 radical (unpaired) electrons. The van der Waals surface area contributed by atoms with E-state index in [-0.39, 0.29) is 11.9 Å². The first-order valence-electron chi connectivity index (χ1n) is 8.52. The van der Waals surface area contributed by atoms with Crippen LogP contribution in [-0.4, -0.2) is 74.0 Å². The smallest absolute Gasteiger partial charge is 0.236 e.